The van der Waals surface area contributed by atoms with Gasteiger partial charge in [0.15, 0.2) is 7.28 Å². The van der Waals surface area contributed by atoms with Crippen molar-refractivity contribution in [3.8, 4) is 0 Å². The minimum Gasteiger partial charge on any atom is -0.399 e. The number of hydrogen-bond acceptors (Lipinski definition) is 1. The molecule has 0 aromatic heterocycles. The van der Waals surface area contributed by atoms with Crippen LogP contribution in [0, 0.1) is 0 Å². The van der Waals surface area contributed by atoms with E-state index in [4.69, 9.17) is 5.73 Å². The summed E-state index contributed by atoms with van der Waals surface area (Å²) in [5.41, 5.74) is 7.74. The van der Waals surface area contributed by atoms with Crippen molar-refractivity contribution >= 4 is 18.4 Å². The summed E-state index contributed by atoms with van der Waals surface area (Å²) < 4.78 is 0. The highest BCUT2D eigenvalue weighted by molar-refractivity contribution is 6.53. The number of nitrogen functional groups attached to an aromatic ring is 1. The Morgan fingerprint density at radius 1 is 1.30 bits per heavy atom. The zero-order valence-electron chi connectivity index (χ0n) is 6.30. The van der Waals surface area contributed by atoms with Crippen molar-refractivity contribution in [3.05, 3.63) is 24.3 Å². The van der Waals surface area contributed by atoms with Crippen LogP contribution in [0.2, 0.25) is 6.32 Å². The fourth-order valence-corrected chi connectivity index (χ4v) is 0.973. The largest absolute Gasteiger partial charge is 0.399 e. The van der Waals surface area contributed by atoms with Crippen LogP contribution in [0.25, 0.3) is 0 Å². The average molecular weight is 133 g/mol. The molecular weight excluding hydrogens is 121 g/mol. The van der Waals surface area contributed by atoms with E-state index in [1.165, 1.54) is 11.8 Å². The third-order valence-electron chi connectivity index (χ3n) is 1.52. The molecule has 2 N–H and O–H groups in total. The Balaban J connectivity index is 2.69. The average Bonchev–Trinajstić information content (AvgIpc) is 1.95. The molecule has 0 saturated heterocycles. The minimum absolute atomic E-state index is 0.847. The van der Waals surface area contributed by atoms with Gasteiger partial charge in [0.2, 0.25) is 0 Å². The standard InChI is InChI=1S/C8H12BN/c1-2-9-7-3-5-8(10)6-4-7/h3-6,9H,2,10H2,1H3. The molecule has 0 fully saturated rings. The molecule has 0 atom stereocenters. The van der Waals surface area contributed by atoms with Crippen molar-refractivity contribution in [2.45, 2.75) is 13.2 Å². The quantitative estimate of drug-likeness (QED) is 0.468. The highest BCUT2D eigenvalue weighted by Gasteiger charge is 1.90. The summed E-state index contributed by atoms with van der Waals surface area (Å²) in [6.45, 7) is 2.18. The van der Waals surface area contributed by atoms with Gasteiger partial charge < -0.3 is 5.73 Å². The highest BCUT2D eigenvalue weighted by Crippen LogP contribution is 1.95. The molecule has 1 rings (SSSR count). The second kappa shape index (κ2) is 3.30. The first kappa shape index (κ1) is 7.20. The van der Waals surface area contributed by atoms with E-state index < -0.39 is 0 Å². The number of rotatable bonds is 2. The first-order valence-electron chi connectivity index (χ1n) is 3.67. The summed E-state index contributed by atoms with van der Waals surface area (Å²) in [4.78, 5) is 0. The molecule has 0 bridgehead atoms. The second-order valence-electron chi connectivity index (χ2n) is 2.49. The summed E-state index contributed by atoms with van der Waals surface area (Å²) in [5, 5.41) is 0. The van der Waals surface area contributed by atoms with Gasteiger partial charge in [-0.25, -0.2) is 0 Å². The van der Waals surface area contributed by atoms with E-state index in [0.29, 0.717) is 0 Å². The van der Waals surface area contributed by atoms with Gasteiger partial charge in [0, 0.05) is 5.69 Å². The Bertz CT molecular complexity index is 193. The Morgan fingerprint density at radius 2 is 1.90 bits per heavy atom. The lowest BCUT2D eigenvalue weighted by Crippen LogP contribution is -2.11. The van der Waals surface area contributed by atoms with Gasteiger partial charge in [-0.3, -0.25) is 0 Å². The number of benzene rings is 1. The first-order valence-corrected chi connectivity index (χ1v) is 3.67. The Kier molecular flexibility index (Phi) is 2.38. The fraction of sp³-hybridized carbons (Fsp3) is 0.250. The molecule has 0 aliphatic carbocycles. The van der Waals surface area contributed by atoms with Crippen LogP contribution in [-0.4, -0.2) is 7.28 Å². The van der Waals surface area contributed by atoms with E-state index >= 15 is 0 Å². The predicted molar refractivity (Wildman–Crippen MR) is 48.1 cm³/mol. The first-order chi connectivity index (χ1) is 4.83. The molecule has 2 heteroatoms. The predicted octanol–water partition coefficient (Wildman–Crippen LogP) is 0.769. The summed E-state index contributed by atoms with van der Waals surface area (Å²) in [6, 6.07) is 8.06. The van der Waals surface area contributed by atoms with E-state index in [-0.39, 0.29) is 0 Å². The maximum Gasteiger partial charge on any atom is 0.157 e. The van der Waals surface area contributed by atoms with Crippen LogP contribution in [0.3, 0.4) is 0 Å². The monoisotopic (exact) mass is 133 g/mol. The number of hydrogen-bond donors (Lipinski definition) is 1. The van der Waals surface area contributed by atoms with Crippen LogP contribution in [-0.2, 0) is 0 Å². The zero-order valence-corrected chi connectivity index (χ0v) is 6.30. The molecule has 0 unspecified atom stereocenters. The lowest BCUT2D eigenvalue weighted by Gasteiger charge is -1.95. The molecule has 0 amide bonds. The molecule has 1 aromatic rings. The second-order valence-corrected chi connectivity index (χ2v) is 2.49. The molecule has 0 heterocycles. The molecule has 0 radical (unpaired) electrons. The summed E-state index contributed by atoms with van der Waals surface area (Å²) in [6.07, 6.45) is 1.20. The smallest absolute Gasteiger partial charge is 0.157 e. The van der Waals surface area contributed by atoms with Gasteiger partial charge in [0.1, 0.15) is 0 Å². The minimum atomic E-state index is 0.847. The van der Waals surface area contributed by atoms with Crippen molar-refractivity contribution in [3.63, 3.8) is 0 Å². The third-order valence-corrected chi connectivity index (χ3v) is 1.52. The summed E-state index contributed by atoms with van der Waals surface area (Å²) >= 11 is 0. The molecule has 10 heavy (non-hydrogen) atoms. The van der Waals surface area contributed by atoms with E-state index in [2.05, 4.69) is 19.1 Å². The fourth-order valence-electron chi connectivity index (χ4n) is 0.973. The third kappa shape index (κ3) is 1.80. The normalized spacial score (nSPS) is 9.30. The van der Waals surface area contributed by atoms with Gasteiger partial charge in [0.05, 0.1) is 0 Å². The molecule has 0 saturated carbocycles. The van der Waals surface area contributed by atoms with Crippen LogP contribution < -0.4 is 11.2 Å². The van der Waals surface area contributed by atoms with Gasteiger partial charge in [-0.1, -0.05) is 30.8 Å². The maximum atomic E-state index is 5.52. The van der Waals surface area contributed by atoms with Crippen molar-refractivity contribution in [2.75, 3.05) is 5.73 Å². The van der Waals surface area contributed by atoms with E-state index in [1.807, 2.05) is 12.1 Å². The van der Waals surface area contributed by atoms with Crippen molar-refractivity contribution < 1.29 is 0 Å². The topological polar surface area (TPSA) is 26.0 Å². The Hall–Kier alpha value is -0.915. The van der Waals surface area contributed by atoms with Gasteiger partial charge >= 0.3 is 0 Å². The Labute approximate surface area is 62.5 Å². The molecule has 0 spiro atoms. The van der Waals surface area contributed by atoms with Crippen LogP contribution in [0.5, 0.6) is 0 Å². The van der Waals surface area contributed by atoms with Crippen LogP contribution >= 0.6 is 0 Å². The highest BCUT2D eigenvalue weighted by atomic mass is 14.5. The van der Waals surface area contributed by atoms with Crippen LogP contribution in [0.4, 0.5) is 5.69 Å². The van der Waals surface area contributed by atoms with Crippen molar-refractivity contribution in [1.29, 1.82) is 0 Å². The van der Waals surface area contributed by atoms with Gasteiger partial charge in [-0.05, 0) is 12.1 Å². The van der Waals surface area contributed by atoms with Crippen molar-refractivity contribution in [2.24, 2.45) is 0 Å². The van der Waals surface area contributed by atoms with Gasteiger partial charge in [0.25, 0.3) is 0 Å². The number of nitrogens with two attached hydrogens (primary N) is 1. The van der Waals surface area contributed by atoms with Crippen molar-refractivity contribution in [1.82, 2.24) is 0 Å². The summed E-state index contributed by atoms with van der Waals surface area (Å²) in [5.74, 6) is 0. The molecular formula is C8H12BN. The van der Waals surface area contributed by atoms with Gasteiger partial charge in [-0.15, -0.1) is 0 Å². The zero-order chi connectivity index (χ0) is 7.40. The molecule has 1 nitrogen and oxygen atoms in total. The van der Waals surface area contributed by atoms with Crippen LogP contribution in [0.1, 0.15) is 6.92 Å². The lowest BCUT2D eigenvalue weighted by molar-refractivity contribution is 1.46. The van der Waals surface area contributed by atoms with E-state index in [0.717, 1.165) is 13.0 Å². The van der Waals surface area contributed by atoms with E-state index in [9.17, 15) is 0 Å². The van der Waals surface area contributed by atoms with Crippen LogP contribution in [0.15, 0.2) is 24.3 Å². The molecule has 1 aromatic carbocycles. The van der Waals surface area contributed by atoms with Gasteiger partial charge in [-0.2, -0.15) is 0 Å². The Morgan fingerprint density at radius 3 is 2.40 bits per heavy atom. The molecule has 0 aliphatic heterocycles. The SMILES string of the molecule is CCBc1ccc(N)cc1. The maximum absolute atomic E-state index is 5.52. The molecule has 0 aliphatic rings. The van der Waals surface area contributed by atoms with E-state index in [1.54, 1.807) is 0 Å². The number of anilines is 1. The molecule has 52 valence electrons. The lowest BCUT2D eigenvalue weighted by atomic mass is 9.68. The summed E-state index contributed by atoms with van der Waals surface area (Å²) in [7, 11) is 1.15.